The van der Waals surface area contributed by atoms with E-state index in [-0.39, 0.29) is 12.6 Å². The van der Waals surface area contributed by atoms with Crippen LogP contribution in [0.15, 0.2) is 10.7 Å². The van der Waals surface area contributed by atoms with E-state index in [1.807, 2.05) is 6.92 Å². The normalized spacial score (nSPS) is 19.9. The summed E-state index contributed by atoms with van der Waals surface area (Å²) in [5.74, 6) is 1.39. The number of aliphatic hydroxyl groups excluding tert-OH is 1. The summed E-state index contributed by atoms with van der Waals surface area (Å²) in [5.41, 5.74) is 0. The highest BCUT2D eigenvalue weighted by Gasteiger charge is 2.25. The zero-order valence-electron chi connectivity index (χ0n) is 10.3. The van der Waals surface area contributed by atoms with E-state index in [2.05, 4.69) is 36.1 Å². The van der Waals surface area contributed by atoms with Gasteiger partial charge in [0, 0.05) is 19.3 Å². The minimum absolute atomic E-state index is 0.0486. The predicted molar refractivity (Wildman–Crippen MR) is 72.9 cm³/mol. The van der Waals surface area contributed by atoms with Crippen LogP contribution in [-0.2, 0) is 4.74 Å². The Balaban J connectivity index is 2.26. The first kappa shape index (κ1) is 13.5. The average Bonchev–Trinajstić information content (AvgIpc) is 2.41. The van der Waals surface area contributed by atoms with Crippen molar-refractivity contribution >= 4 is 27.7 Å². The van der Waals surface area contributed by atoms with Crippen molar-refractivity contribution in [2.45, 2.75) is 13.0 Å². The number of aromatic nitrogens is 2. The van der Waals surface area contributed by atoms with Crippen molar-refractivity contribution in [1.29, 1.82) is 0 Å². The molecule has 7 heteroatoms. The third-order valence-corrected chi connectivity index (χ3v) is 3.33. The van der Waals surface area contributed by atoms with Crippen molar-refractivity contribution in [1.82, 2.24) is 9.97 Å². The SMILES string of the molecule is CCNc1ncc(Br)c(N2CCOCC2CO)n1. The molecule has 6 nitrogen and oxygen atoms in total. The molecular weight excluding hydrogens is 300 g/mol. The van der Waals surface area contributed by atoms with Crippen molar-refractivity contribution in [3.05, 3.63) is 10.7 Å². The van der Waals surface area contributed by atoms with Crippen molar-refractivity contribution < 1.29 is 9.84 Å². The standard InChI is InChI=1S/C11H17BrN4O2/c1-2-13-11-14-5-9(12)10(15-11)16-3-4-18-7-8(16)6-17/h5,8,17H,2-4,6-7H2,1H3,(H,13,14,15). The molecule has 1 atom stereocenters. The van der Waals surface area contributed by atoms with Crippen molar-refractivity contribution in [2.75, 3.05) is 43.1 Å². The summed E-state index contributed by atoms with van der Waals surface area (Å²) in [6, 6.07) is -0.0561. The highest BCUT2D eigenvalue weighted by Crippen LogP contribution is 2.27. The number of aliphatic hydroxyl groups is 1. The van der Waals surface area contributed by atoms with E-state index in [0.29, 0.717) is 25.7 Å². The fourth-order valence-corrected chi connectivity index (χ4v) is 2.31. The van der Waals surface area contributed by atoms with Gasteiger partial charge in [-0.2, -0.15) is 4.98 Å². The third kappa shape index (κ3) is 2.90. The van der Waals surface area contributed by atoms with E-state index < -0.39 is 0 Å². The maximum Gasteiger partial charge on any atom is 0.224 e. The Morgan fingerprint density at radius 2 is 2.50 bits per heavy atom. The Bertz CT molecular complexity index is 405. The summed E-state index contributed by atoms with van der Waals surface area (Å²) >= 11 is 3.46. The summed E-state index contributed by atoms with van der Waals surface area (Å²) < 4.78 is 6.19. The molecule has 1 aliphatic heterocycles. The van der Waals surface area contributed by atoms with Gasteiger partial charge in [-0.3, -0.25) is 0 Å². The maximum absolute atomic E-state index is 9.39. The van der Waals surface area contributed by atoms with Crippen molar-refractivity contribution in [3.63, 3.8) is 0 Å². The number of ether oxygens (including phenoxy) is 1. The largest absolute Gasteiger partial charge is 0.394 e. The van der Waals surface area contributed by atoms with Crippen LogP contribution in [0.1, 0.15) is 6.92 Å². The topological polar surface area (TPSA) is 70.5 Å². The van der Waals surface area contributed by atoms with Gasteiger partial charge < -0.3 is 20.1 Å². The van der Waals surface area contributed by atoms with Crippen LogP contribution < -0.4 is 10.2 Å². The number of morpholine rings is 1. The Kier molecular flexibility index (Phi) is 4.73. The van der Waals surface area contributed by atoms with Gasteiger partial charge in [0.15, 0.2) is 0 Å². The van der Waals surface area contributed by atoms with Gasteiger partial charge in [0.25, 0.3) is 0 Å². The van der Waals surface area contributed by atoms with Crippen molar-refractivity contribution in [2.24, 2.45) is 0 Å². The molecule has 1 saturated heterocycles. The molecule has 0 saturated carbocycles. The molecule has 0 bridgehead atoms. The second-order valence-corrected chi connectivity index (χ2v) is 4.85. The van der Waals surface area contributed by atoms with Gasteiger partial charge in [0.05, 0.1) is 30.3 Å². The minimum atomic E-state index is -0.0561. The molecular formula is C11H17BrN4O2. The van der Waals surface area contributed by atoms with E-state index in [1.165, 1.54) is 0 Å². The fraction of sp³-hybridized carbons (Fsp3) is 0.636. The Labute approximate surface area is 115 Å². The summed E-state index contributed by atoms with van der Waals surface area (Å²) in [5, 5.41) is 12.5. The molecule has 0 spiro atoms. The van der Waals surface area contributed by atoms with Crippen LogP contribution in [0.25, 0.3) is 0 Å². The molecule has 0 radical (unpaired) electrons. The van der Waals surface area contributed by atoms with Crippen molar-refractivity contribution in [3.8, 4) is 0 Å². The Morgan fingerprint density at radius 3 is 3.22 bits per heavy atom. The first-order chi connectivity index (χ1) is 8.76. The number of nitrogens with one attached hydrogen (secondary N) is 1. The molecule has 1 fully saturated rings. The van der Waals surface area contributed by atoms with E-state index in [9.17, 15) is 5.11 Å². The van der Waals surface area contributed by atoms with Crippen LogP contribution in [0.2, 0.25) is 0 Å². The predicted octanol–water partition coefficient (Wildman–Crippen LogP) is 0.868. The van der Waals surface area contributed by atoms with Crippen LogP contribution in [0, 0.1) is 0 Å². The zero-order valence-corrected chi connectivity index (χ0v) is 11.9. The Morgan fingerprint density at radius 1 is 1.67 bits per heavy atom. The van der Waals surface area contributed by atoms with Crippen LogP contribution in [0.3, 0.4) is 0 Å². The van der Waals surface area contributed by atoms with Crippen LogP contribution in [0.5, 0.6) is 0 Å². The molecule has 1 aromatic heterocycles. The van der Waals surface area contributed by atoms with Gasteiger partial charge in [-0.25, -0.2) is 4.98 Å². The van der Waals surface area contributed by atoms with E-state index in [1.54, 1.807) is 6.20 Å². The number of rotatable bonds is 4. The Hall–Kier alpha value is -0.920. The van der Waals surface area contributed by atoms with Gasteiger partial charge in [-0.1, -0.05) is 0 Å². The molecule has 2 heterocycles. The highest BCUT2D eigenvalue weighted by molar-refractivity contribution is 9.10. The summed E-state index contributed by atoms with van der Waals surface area (Å²) in [7, 11) is 0. The molecule has 18 heavy (non-hydrogen) atoms. The summed E-state index contributed by atoms with van der Waals surface area (Å²) in [6.45, 7) is 4.69. The molecule has 1 aliphatic rings. The van der Waals surface area contributed by atoms with Crippen LogP contribution >= 0.6 is 15.9 Å². The highest BCUT2D eigenvalue weighted by atomic mass is 79.9. The van der Waals surface area contributed by atoms with Crippen LogP contribution in [-0.4, -0.2) is 54.0 Å². The first-order valence-corrected chi connectivity index (χ1v) is 6.77. The molecule has 1 aromatic rings. The van der Waals surface area contributed by atoms with E-state index >= 15 is 0 Å². The lowest BCUT2D eigenvalue weighted by Crippen LogP contribution is -2.48. The lowest BCUT2D eigenvalue weighted by Gasteiger charge is -2.35. The molecule has 100 valence electrons. The second kappa shape index (κ2) is 6.31. The van der Waals surface area contributed by atoms with E-state index in [0.717, 1.165) is 16.8 Å². The van der Waals surface area contributed by atoms with Gasteiger partial charge >= 0.3 is 0 Å². The number of hydrogen-bond donors (Lipinski definition) is 2. The van der Waals surface area contributed by atoms with Gasteiger partial charge in [0.2, 0.25) is 5.95 Å². The number of nitrogens with zero attached hydrogens (tertiary/aromatic N) is 3. The van der Waals surface area contributed by atoms with Crippen LogP contribution in [0.4, 0.5) is 11.8 Å². The third-order valence-electron chi connectivity index (χ3n) is 2.77. The zero-order chi connectivity index (χ0) is 13.0. The summed E-state index contributed by atoms with van der Waals surface area (Å²) in [6.07, 6.45) is 1.73. The van der Waals surface area contributed by atoms with Gasteiger partial charge in [-0.05, 0) is 22.9 Å². The number of halogens is 1. The van der Waals surface area contributed by atoms with Gasteiger partial charge in [-0.15, -0.1) is 0 Å². The molecule has 0 aliphatic carbocycles. The fourth-order valence-electron chi connectivity index (χ4n) is 1.89. The molecule has 0 aromatic carbocycles. The quantitative estimate of drug-likeness (QED) is 0.859. The van der Waals surface area contributed by atoms with Gasteiger partial charge in [0.1, 0.15) is 5.82 Å². The smallest absolute Gasteiger partial charge is 0.224 e. The maximum atomic E-state index is 9.39. The first-order valence-electron chi connectivity index (χ1n) is 5.98. The molecule has 0 amide bonds. The summed E-state index contributed by atoms with van der Waals surface area (Å²) in [4.78, 5) is 10.7. The minimum Gasteiger partial charge on any atom is -0.394 e. The van der Waals surface area contributed by atoms with E-state index in [4.69, 9.17) is 4.74 Å². The second-order valence-electron chi connectivity index (χ2n) is 4.00. The average molecular weight is 317 g/mol. The molecule has 2 rings (SSSR count). The lowest BCUT2D eigenvalue weighted by molar-refractivity contribution is 0.0722. The monoisotopic (exact) mass is 316 g/mol. The molecule has 1 unspecified atom stereocenters. The number of hydrogen-bond acceptors (Lipinski definition) is 6. The molecule has 2 N–H and O–H groups in total. The number of anilines is 2. The lowest BCUT2D eigenvalue weighted by atomic mass is 10.2.